The summed E-state index contributed by atoms with van der Waals surface area (Å²) in [6.07, 6.45) is 9.73. The minimum atomic E-state index is -0.619. The Kier molecular flexibility index (Phi) is 12.4. The van der Waals surface area contributed by atoms with Gasteiger partial charge in [0, 0.05) is 24.0 Å². The van der Waals surface area contributed by atoms with Gasteiger partial charge in [-0.3, -0.25) is 9.59 Å². The number of rotatable bonds is 16. The molecule has 0 saturated carbocycles. The summed E-state index contributed by atoms with van der Waals surface area (Å²) in [6, 6.07) is 14.8. The van der Waals surface area contributed by atoms with Gasteiger partial charge in [-0.15, -0.1) is 0 Å². The van der Waals surface area contributed by atoms with Crippen LogP contribution in [0.4, 0.5) is 5.82 Å². The van der Waals surface area contributed by atoms with Crippen molar-refractivity contribution in [1.29, 1.82) is 0 Å². The molecule has 8 heteroatoms. The number of anilines is 1. The van der Waals surface area contributed by atoms with Crippen LogP contribution >= 0.6 is 0 Å². The molecule has 1 aromatic heterocycles. The predicted octanol–water partition coefficient (Wildman–Crippen LogP) is 5.08. The number of aryl methyl sites for hydroxylation is 1. The number of hydrogen-bond donors (Lipinski definition) is 3. The summed E-state index contributed by atoms with van der Waals surface area (Å²) >= 11 is 0. The normalized spacial score (nSPS) is 15.3. The number of ether oxygens (including phenoxy) is 1. The Balaban J connectivity index is 1.41. The van der Waals surface area contributed by atoms with Gasteiger partial charge >= 0.3 is 0 Å². The quantitative estimate of drug-likeness (QED) is 0.201. The highest BCUT2D eigenvalue weighted by Crippen LogP contribution is 2.21. The first-order valence-electron chi connectivity index (χ1n) is 15.9. The van der Waals surface area contributed by atoms with Crippen LogP contribution in [0.15, 0.2) is 54.7 Å². The van der Waals surface area contributed by atoms with E-state index in [4.69, 9.17) is 10.5 Å². The van der Waals surface area contributed by atoms with Crippen LogP contribution in [-0.4, -0.2) is 66.4 Å². The monoisotopic (exact) mass is 587 g/mol. The smallest absolute Gasteiger partial charge is 0.237 e. The minimum absolute atomic E-state index is 0.0203. The number of unbranched alkanes of at least 4 members (excludes halogenated alkanes) is 1. The number of ketones is 1. The van der Waals surface area contributed by atoms with Gasteiger partial charge in [0.25, 0.3) is 0 Å². The molecule has 0 spiro atoms. The largest absolute Gasteiger partial charge is 0.497 e. The molecule has 1 amide bonds. The van der Waals surface area contributed by atoms with Gasteiger partial charge in [0.15, 0.2) is 5.78 Å². The third kappa shape index (κ3) is 10.0. The van der Waals surface area contributed by atoms with Crippen molar-refractivity contribution < 1.29 is 14.3 Å². The van der Waals surface area contributed by atoms with Crippen LogP contribution in [0.3, 0.4) is 0 Å². The first kappa shape index (κ1) is 32.4. The van der Waals surface area contributed by atoms with Crippen molar-refractivity contribution in [3.05, 3.63) is 65.9 Å². The fourth-order valence-corrected chi connectivity index (χ4v) is 5.92. The third-order valence-corrected chi connectivity index (χ3v) is 8.34. The molecule has 8 nitrogen and oxygen atoms in total. The summed E-state index contributed by atoms with van der Waals surface area (Å²) in [6.45, 7) is 7.58. The van der Waals surface area contributed by atoms with Gasteiger partial charge in [-0.05, 0) is 92.9 Å². The van der Waals surface area contributed by atoms with E-state index in [1.807, 2.05) is 42.5 Å². The Morgan fingerprint density at radius 3 is 2.44 bits per heavy atom. The van der Waals surface area contributed by atoms with E-state index < -0.39 is 6.04 Å². The molecule has 1 fully saturated rings. The van der Waals surface area contributed by atoms with E-state index in [0.29, 0.717) is 25.1 Å². The Labute approximate surface area is 256 Å². The average Bonchev–Trinajstić information content (AvgIpc) is 3.01. The van der Waals surface area contributed by atoms with Gasteiger partial charge in [0.1, 0.15) is 11.6 Å². The molecule has 1 saturated heterocycles. The number of nitrogens with one attached hydrogen (secondary N) is 2. The molecule has 0 bridgehead atoms. The standard InChI is InChI=1S/C35H49N5O3/c1-25(2)38-31(9-5-8-22-40-20-6-4-7-21-40)35(42)39-32(24-27-10-14-29(43-3)15-11-27)33(41)17-13-26-12-16-30-28(23-26)18-19-37-34(30)36/h10-12,14-16,18-19,23,25,31-32,38H,4-9,13,17,20-22,24H2,1-3H3,(H2,36,37)(H,39,42)/t31-,32+/m1/s1. The predicted molar refractivity (Wildman–Crippen MR) is 174 cm³/mol. The molecule has 1 aliphatic rings. The van der Waals surface area contributed by atoms with Crippen molar-refractivity contribution in [1.82, 2.24) is 20.5 Å². The van der Waals surface area contributed by atoms with E-state index in [0.717, 1.165) is 53.5 Å². The number of nitrogens with zero attached hydrogens (tertiary/aromatic N) is 2. The van der Waals surface area contributed by atoms with Crippen LogP contribution < -0.4 is 21.1 Å². The highest BCUT2D eigenvalue weighted by atomic mass is 16.5. The molecule has 2 heterocycles. The number of Topliss-reactive ketones (excluding diaryl/α,β-unsaturated/α-hetero) is 1. The number of hydrogen-bond acceptors (Lipinski definition) is 7. The molecule has 2 aromatic carbocycles. The second-order valence-electron chi connectivity index (χ2n) is 12.1. The van der Waals surface area contributed by atoms with Crippen molar-refractivity contribution in [3.8, 4) is 5.75 Å². The van der Waals surface area contributed by atoms with E-state index in [2.05, 4.69) is 40.4 Å². The molecular formula is C35H49N5O3. The lowest BCUT2D eigenvalue weighted by atomic mass is 9.96. The second kappa shape index (κ2) is 16.4. The van der Waals surface area contributed by atoms with Crippen LogP contribution in [0, 0.1) is 0 Å². The molecule has 232 valence electrons. The number of aromatic nitrogens is 1. The molecule has 1 aliphatic heterocycles. The third-order valence-electron chi connectivity index (χ3n) is 8.34. The van der Waals surface area contributed by atoms with Crippen LogP contribution in [0.25, 0.3) is 10.8 Å². The van der Waals surface area contributed by atoms with Crippen LogP contribution in [0.2, 0.25) is 0 Å². The van der Waals surface area contributed by atoms with E-state index in [9.17, 15) is 9.59 Å². The van der Waals surface area contributed by atoms with Crippen molar-refractivity contribution >= 4 is 28.3 Å². The number of pyridine rings is 1. The van der Waals surface area contributed by atoms with Crippen LogP contribution in [-0.2, 0) is 22.4 Å². The molecule has 0 radical (unpaired) electrons. The van der Waals surface area contributed by atoms with Gasteiger partial charge < -0.3 is 26.0 Å². The number of fused-ring (bicyclic) bond motifs is 1. The average molecular weight is 588 g/mol. The summed E-state index contributed by atoms with van der Waals surface area (Å²) in [7, 11) is 1.63. The number of nitrogens with two attached hydrogens (primary N) is 1. The summed E-state index contributed by atoms with van der Waals surface area (Å²) < 4.78 is 5.31. The van der Waals surface area contributed by atoms with Gasteiger partial charge in [0.05, 0.1) is 19.2 Å². The Hall–Kier alpha value is -3.49. The molecule has 3 aromatic rings. The lowest BCUT2D eigenvalue weighted by Gasteiger charge is -2.27. The van der Waals surface area contributed by atoms with Gasteiger partial charge in [-0.2, -0.15) is 0 Å². The summed E-state index contributed by atoms with van der Waals surface area (Å²) in [5.41, 5.74) is 8.04. The number of benzene rings is 2. The zero-order valence-electron chi connectivity index (χ0n) is 26.1. The molecule has 0 unspecified atom stereocenters. The summed E-state index contributed by atoms with van der Waals surface area (Å²) in [4.78, 5) is 34.0. The summed E-state index contributed by atoms with van der Waals surface area (Å²) in [5, 5.41) is 8.51. The molecule has 4 rings (SSSR count). The maximum atomic E-state index is 13.7. The molecule has 4 N–H and O–H groups in total. The fourth-order valence-electron chi connectivity index (χ4n) is 5.92. The molecule has 0 aliphatic carbocycles. The fraction of sp³-hybridized carbons (Fsp3) is 0.514. The number of carbonyl (C=O) groups is 2. The number of nitrogen functional groups attached to an aromatic ring is 1. The summed E-state index contributed by atoms with van der Waals surface area (Å²) in [5.74, 6) is 1.17. The zero-order chi connectivity index (χ0) is 30.6. The van der Waals surface area contributed by atoms with Crippen molar-refractivity contribution in [2.24, 2.45) is 0 Å². The number of amides is 1. The van der Waals surface area contributed by atoms with Crippen molar-refractivity contribution in [3.63, 3.8) is 0 Å². The van der Waals surface area contributed by atoms with Crippen LogP contribution in [0.1, 0.15) is 69.9 Å². The van der Waals surface area contributed by atoms with Crippen LogP contribution in [0.5, 0.6) is 5.75 Å². The number of carbonyl (C=O) groups excluding carboxylic acids is 2. The van der Waals surface area contributed by atoms with E-state index in [1.165, 1.54) is 32.4 Å². The highest BCUT2D eigenvalue weighted by molar-refractivity contribution is 5.92. The Morgan fingerprint density at radius 2 is 1.72 bits per heavy atom. The molecule has 2 atom stereocenters. The second-order valence-corrected chi connectivity index (χ2v) is 12.1. The van der Waals surface area contributed by atoms with E-state index in [1.54, 1.807) is 13.3 Å². The van der Waals surface area contributed by atoms with Crippen molar-refractivity contribution in [2.45, 2.75) is 89.8 Å². The number of piperidine rings is 1. The lowest BCUT2D eigenvalue weighted by molar-refractivity contribution is -0.129. The van der Waals surface area contributed by atoms with Gasteiger partial charge in [0.2, 0.25) is 5.91 Å². The number of likely N-dealkylation sites (tertiary alicyclic amines) is 1. The molecular weight excluding hydrogens is 538 g/mol. The maximum Gasteiger partial charge on any atom is 0.237 e. The SMILES string of the molecule is COc1ccc(C[C@H](NC(=O)[C@@H](CCCCN2CCCCC2)NC(C)C)C(=O)CCc2ccc3c(N)nccc3c2)cc1. The molecule has 43 heavy (non-hydrogen) atoms. The topological polar surface area (TPSA) is 110 Å². The maximum absolute atomic E-state index is 13.7. The first-order valence-corrected chi connectivity index (χ1v) is 15.9. The van der Waals surface area contributed by atoms with E-state index in [-0.39, 0.29) is 23.8 Å². The Bertz CT molecular complexity index is 1320. The lowest BCUT2D eigenvalue weighted by Crippen LogP contribution is -2.52. The first-order chi connectivity index (χ1) is 20.8. The Morgan fingerprint density at radius 1 is 0.977 bits per heavy atom. The highest BCUT2D eigenvalue weighted by Gasteiger charge is 2.26. The van der Waals surface area contributed by atoms with Gasteiger partial charge in [-0.1, -0.05) is 57.0 Å². The van der Waals surface area contributed by atoms with Gasteiger partial charge in [-0.25, -0.2) is 4.98 Å². The van der Waals surface area contributed by atoms with Crippen molar-refractivity contribution in [2.75, 3.05) is 32.5 Å². The minimum Gasteiger partial charge on any atom is -0.497 e. The zero-order valence-corrected chi connectivity index (χ0v) is 26.1. The number of methoxy groups -OCH3 is 1. The van der Waals surface area contributed by atoms with E-state index >= 15 is 0 Å².